The maximum atomic E-state index is 6.11. The van der Waals surface area contributed by atoms with E-state index in [0.717, 1.165) is 22.5 Å². The highest BCUT2D eigenvalue weighted by atomic mass is 35.5. The van der Waals surface area contributed by atoms with Gasteiger partial charge in [0.2, 0.25) is 0 Å². The van der Waals surface area contributed by atoms with E-state index in [-0.39, 0.29) is 0 Å². The molecule has 0 aliphatic rings. The standard InChI is InChI=1S/C14H10Cl2N2OS/c1-19-13-5-3-2-4-11(13)18-12-7-9(16)8(15)6-10(12)17-14(18)20/h2-7H,1H3,(H,17,20). The minimum absolute atomic E-state index is 0.483. The molecule has 0 aliphatic heterocycles. The zero-order chi connectivity index (χ0) is 14.3. The van der Waals surface area contributed by atoms with Crippen LogP contribution in [0.5, 0.6) is 5.75 Å². The van der Waals surface area contributed by atoms with Crippen molar-refractivity contribution in [2.45, 2.75) is 0 Å². The minimum Gasteiger partial charge on any atom is -0.495 e. The Morgan fingerprint density at radius 2 is 1.85 bits per heavy atom. The van der Waals surface area contributed by atoms with Crippen molar-refractivity contribution in [3.8, 4) is 11.4 Å². The highest BCUT2D eigenvalue weighted by molar-refractivity contribution is 7.71. The van der Waals surface area contributed by atoms with Crippen LogP contribution in [-0.4, -0.2) is 16.7 Å². The molecule has 6 heteroatoms. The predicted molar refractivity (Wildman–Crippen MR) is 85.0 cm³/mol. The molecule has 2 aromatic carbocycles. The summed E-state index contributed by atoms with van der Waals surface area (Å²) in [6.07, 6.45) is 0. The fourth-order valence-electron chi connectivity index (χ4n) is 2.16. The molecular formula is C14H10Cl2N2OS. The number of rotatable bonds is 2. The van der Waals surface area contributed by atoms with Crippen molar-refractivity contribution in [1.82, 2.24) is 9.55 Å². The predicted octanol–water partition coefficient (Wildman–Crippen LogP) is 5.00. The second-order valence-corrected chi connectivity index (χ2v) is 5.42. The van der Waals surface area contributed by atoms with Crippen molar-refractivity contribution in [2.24, 2.45) is 0 Å². The summed E-state index contributed by atoms with van der Waals surface area (Å²) in [5.41, 5.74) is 2.54. The van der Waals surface area contributed by atoms with Crippen molar-refractivity contribution < 1.29 is 4.74 Å². The molecular weight excluding hydrogens is 315 g/mol. The summed E-state index contributed by atoms with van der Waals surface area (Å²) >= 11 is 17.5. The van der Waals surface area contributed by atoms with E-state index in [9.17, 15) is 0 Å². The lowest BCUT2D eigenvalue weighted by Gasteiger charge is -2.10. The average molecular weight is 325 g/mol. The van der Waals surface area contributed by atoms with Gasteiger partial charge in [-0.25, -0.2) is 0 Å². The van der Waals surface area contributed by atoms with Gasteiger partial charge in [-0.05, 0) is 36.5 Å². The van der Waals surface area contributed by atoms with Crippen molar-refractivity contribution in [3.63, 3.8) is 0 Å². The number of nitrogens with one attached hydrogen (secondary N) is 1. The summed E-state index contributed by atoms with van der Waals surface area (Å²) in [6, 6.07) is 11.2. The van der Waals surface area contributed by atoms with Gasteiger partial charge in [0.25, 0.3) is 0 Å². The summed E-state index contributed by atoms with van der Waals surface area (Å²) in [5, 5.41) is 0.972. The highest BCUT2D eigenvalue weighted by Crippen LogP contribution is 2.31. The molecule has 0 saturated carbocycles. The fourth-order valence-corrected chi connectivity index (χ4v) is 2.78. The second-order valence-electron chi connectivity index (χ2n) is 4.22. The lowest BCUT2D eigenvalue weighted by atomic mass is 10.2. The molecule has 1 heterocycles. The van der Waals surface area contributed by atoms with Crippen LogP contribution in [0.4, 0.5) is 0 Å². The van der Waals surface area contributed by atoms with Crippen molar-refractivity contribution in [1.29, 1.82) is 0 Å². The Kier molecular flexibility index (Phi) is 3.46. The molecule has 0 aliphatic carbocycles. The summed E-state index contributed by atoms with van der Waals surface area (Å²) in [6.45, 7) is 0. The number of hydrogen-bond donors (Lipinski definition) is 1. The number of aromatic amines is 1. The number of imidazole rings is 1. The second kappa shape index (κ2) is 5.13. The summed E-state index contributed by atoms with van der Waals surface area (Å²) in [5.74, 6) is 0.732. The number of nitrogens with zero attached hydrogens (tertiary/aromatic N) is 1. The number of halogens is 2. The molecule has 3 rings (SSSR count). The van der Waals surface area contributed by atoms with Gasteiger partial charge in [-0.2, -0.15) is 0 Å². The maximum Gasteiger partial charge on any atom is 0.182 e. The number of H-pyrrole nitrogens is 1. The molecule has 0 amide bonds. The van der Waals surface area contributed by atoms with E-state index in [1.807, 2.05) is 28.8 Å². The first kappa shape index (κ1) is 13.5. The van der Waals surface area contributed by atoms with Crippen LogP contribution in [-0.2, 0) is 0 Å². The lowest BCUT2D eigenvalue weighted by molar-refractivity contribution is 0.413. The third-order valence-electron chi connectivity index (χ3n) is 3.05. The van der Waals surface area contributed by atoms with Gasteiger partial charge in [-0.15, -0.1) is 0 Å². The molecule has 3 aromatic rings. The number of benzene rings is 2. The zero-order valence-electron chi connectivity index (χ0n) is 10.5. The van der Waals surface area contributed by atoms with Crippen molar-refractivity contribution in [2.75, 3.05) is 7.11 Å². The van der Waals surface area contributed by atoms with Gasteiger partial charge in [0.05, 0.1) is 33.9 Å². The van der Waals surface area contributed by atoms with Crippen LogP contribution in [0.2, 0.25) is 10.0 Å². The third kappa shape index (κ3) is 2.10. The Hall–Kier alpha value is -1.49. The highest BCUT2D eigenvalue weighted by Gasteiger charge is 2.12. The van der Waals surface area contributed by atoms with Gasteiger partial charge in [0.15, 0.2) is 4.77 Å². The summed E-state index contributed by atoms with van der Waals surface area (Å²) < 4.78 is 7.83. The molecule has 0 saturated heterocycles. The van der Waals surface area contributed by atoms with E-state index in [1.54, 1.807) is 19.2 Å². The van der Waals surface area contributed by atoms with Gasteiger partial charge in [-0.3, -0.25) is 4.57 Å². The molecule has 0 atom stereocenters. The molecule has 0 bridgehead atoms. The van der Waals surface area contributed by atoms with Crippen LogP contribution in [0.15, 0.2) is 36.4 Å². The van der Waals surface area contributed by atoms with Gasteiger partial charge >= 0.3 is 0 Å². The molecule has 0 fully saturated rings. The molecule has 1 aromatic heterocycles. The largest absolute Gasteiger partial charge is 0.495 e. The average Bonchev–Trinajstić information content (AvgIpc) is 2.74. The number of fused-ring (bicyclic) bond motifs is 1. The molecule has 20 heavy (non-hydrogen) atoms. The first-order valence-electron chi connectivity index (χ1n) is 5.85. The Morgan fingerprint density at radius 1 is 1.15 bits per heavy atom. The SMILES string of the molecule is COc1ccccc1-n1c(=S)[nH]c2cc(Cl)c(Cl)cc21. The molecule has 0 radical (unpaired) electrons. The van der Waals surface area contributed by atoms with Crippen LogP contribution in [0.3, 0.4) is 0 Å². The first-order valence-corrected chi connectivity index (χ1v) is 7.01. The monoisotopic (exact) mass is 324 g/mol. The number of aromatic nitrogens is 2. The topological polar surface area (TPSA) is 29.9 Å². The zero-order valence-corrected chi connectivity index (χ0v) is 12.8. The smallest absolute Gasteiger partial charge is 0.182 e. The van der Waals surface area contributed by atoms with Crippen LogP contribution in [0.25, 0.3) is 16.7 Å². The quantitative estimate of drug-likeness (QED) is 0.672. The van der Waals surface area contributed by atoms with E-state index >= 15 is 0 Å². The third-order valence-corrected chi connectivity index (χ3v) is 4.06. The van der Waals surface area contributed by atoms with Gasteiger partial charge < -0.3 is 9.72 Å². The number of methoxy groups -OCH3 is 1. The molecule has 102 valence electrons. The van der Waals surface area contributed by atoms with Gasteiger partial charge in [-0.1, -0.05) is 35.3 Å². The lowest BCUT2D eigenvalue weighted by Crippen LogP contribution is -1.97. The normalized spacial score (nSPS) is 10.9. The van der Waals surface area contributed by atoms with Gasteiger partial charge in [0, 0.05) is 0 Å². The number of para-hydroxylation sites is 2. The molecule has 1 N–H and O–H groups in total. The fraction of sp³-hybridized carbons (Fsp3) is 0.0714. The molecule has 3 nitrogen and oxygen atoms in total. The van der Waals surface area contributed by atoms with Crippen LogP contribution >= 0.6 is 35.4 Å². The van der Waals surface area contributed by atoms with Gasteiger partial charge in [0.1, 0.15) is 5.75 Å². The van der Waals surface area contributed by atoms with E-state index < -0.39 is 0 Å². The number of ether oxygens (including phenoxy) is 1. The Bertz CT molecular complexity index is 854. The van der Waals surface area contributed by atoms with E-state index in [1.165, 1.54) is 0 Å². The molecule has 0 unspecified atom stereocenters. The van der Waals surface area contributed by atoms with E-state index in [0.29, 0.717) is 14.8 Å². The Balaban J connectivity index is 2.39. The van der Waals surface area contributed by atoms with Crippen molar-refractivity contribution in [3.05, 3.63) is 51.2 Å². The van der Waals surface area contributed by atoms with Crippen LogP contribution in [0.1, 0.15) is 0 Å². The molecule has 0 spiro atoms. The maximum absolute atomic E-state index is 6.11. The van der Waals surface area contributed by atoms with E-state index in [2.05, 4.69) is 4.98 Å². The summed E-state index contributed by atoms with van der Waals surface area (Å²) in [4.78, 5) is 3.12. The summed E-state index contributed by atoms with van der Waals surface area (Å²) in [7, 11) is 1.63. The minimum atomic E-state index is 0.483. The Morgan fingerprint density at radius 3 is 2.60 bits per heavy atom. The van der Waals surface area contributed by atoms with Crippen molar-refractivity contribution >= 4 is 46.5 Å². The van der Waals surface area contributed by atoms with Crippen LogP contribution in [0, 0.1) is 4.77 Å². The Labute approximate surface area is 130 Å². The van der Waals surface area contributed by atoms with Crippen LogP contribution < -0.4 is 4.74 Å². The first-order chi connectivity index (χ1) is 9.61. The number of hydrogen-bond acceptors (Lipinski definition) is 2. The van der Waals surface area contributed by atoms with E-state index in [4.69, 9.17) is 40.2 Å².